The highest BCUT2D eigenvalue weighted by atomic mass is 32.2. The average molecular weight is 456 g/mol. The van der Waals surface area contributed by atoms with E-state index in [0.717, 1.165) is 16.7 Å². The van der Waals surface area contributed by atoms with Crippen molar-refractivity contribution in [3.05, 3.63) is 106 Å². The molecule has 4 rings (SSSR count). The van der Waals surface area contributed by atoms with Crippen molar-refractivity contribution < 1.29 is 8.42 Å². The number of benzene rings is 3. The summed E-state index contributed by atoms with van der Waals surface area (Å²) in [5.41, 5.74) is 4.50. The van der Waals surface area contributed by atoms with Crippen LogP contribution >= 0.6 is 0 Å². The zero-order chi connectivity index (χ0) is 23.6. The van der Waals surface area contributed by atoms with Crippen LogP contribution in [0.15, 0.2) is 88.6 Å². The highest BCUT2D eigenvalue weighted by molar-refractivity contribution is 7.92. The highest BCUT2D eigenvalue weighted by Gasteiger charge is 2.15. The van der Waals surface area contributed by atoms with Gasteiger partial charge in [0.1, 0.15) is 11.6 Å². The molecule has 0 aliphatic carbocycles. The number of pyridine rings is 1. The number of nitrogens with one attached hydrogen (secondary N) is 2. The van der Waals surface area contributed by atoms with E-state index in [2.05, 4.69) is 9.71 Å². The molecule has 0 aliphatic rings. The fraction of sp³-hybridized carbons (Fsp3) is 0.0769. The van der Waals surface area contributed by atoms with E-state index in [0.29, 0.717) is 22.5 Å². The largest absolute Gasteiger partial charge is 0.321 e. The van der Waals surface area contributed by atoms with Gasteiger partial charge in [-0.2, -0.15) is 5.26 Å². The Bertz CT molecular complexity index is 1530. The Morgan fingerprint density at radius 2 is 1.55 bits per heavy atom. The first kappa shape index (κ1) is 22.1. The second kappa shape index (κ2) is 8.77. The SMILES string of the molecule is Cc1ccc(S(=O)(=O)Nc2ccc(-c3cc(-c4cccc(C)c4)c(C#N)c(=O)[nH]3)cc2)cc1. The molecule has 0 amide bonds. The van der Waals surface area contributed by atoms with Crippen LogP contribution in [-0.4, -0.2) is 13.4 Å². The van der Waals surface area contributed by atoms with E-state index in [4.69, 9.17) is 0 Å². The average Bonchev–Trinajstić information content (AvgIpc) is 2.79. The molecule has 0 saturated carbocycles. The summed E-state index contributed by atoms with van der Waals surface area (Å²) in [6.45, 7) is 3.83. The van der Waals surface area contributed by atoms with Crippen molar-refractivity contribution in [2.75, 3.05) is 4.72 Å². The monoisotopic (exact) mass is 455 g/mol. The first-order valence-electron chi connectivity index (χ1n) is 10.2. The molecule has 1 heterocycles. The van der Waals surface area contributed by atoms with Crippen molar-refractivity contribution in [3.63, 3.8) is 0 Å². The Hall–Kier alpha value is -4.15. The van der Waals surface area contributed by atoms with Crippen LogP contribution in [0.5, 0.6) is 0 Å². The Morgan fingerprint density at radius 3 is 2.18 bits per heavy atom. The maximum atomic E-state index is 12.6. The minimum atomic E-state index is -3.71. The van der Waals surface area contributed by atoms with Gasteiger partial charge in [-0.1, -0.05) is 59.7 Å². The van der Waals surface area contributed by atoms with E-state index in [1.165, 1.54) is 0 Å². The number of anilines is 1. The second-order valence-corrected chi connectivity index (χ2v) is 9.46. The lowest BCUT2D eigenvalue weighted by Gasteiger charge is -2.11. The van der Waals surface area contributed by atoms with Crippen LogP contribution in [0.3, 0.4) is 0 Å². The Morgan fingerprint density at radius 1 is 0.848 bits per heavy atom. The van der Waals surface area contributed by atoms with Gasteiger partial charge >= 0.3 is 0 Å². The lowest BCUT2D eigenvalue weighted by atomic mass is 9.98. The third kappa shape index (κ3) is 4.71. The van der Waals surface area contributed by atoms with E-state index in [-0.39, 0.29) is 10.5 Å². The molecule has 0 spiro atoms. The van der Waals surface area contributed by atoms with Crippen LogP contribution in [0.1, 0.15) is 16.7 Å². The fourth-order valence-electron chi connectivity index (χ4n) is 3.52. The molecule has 0 fully saturated rings. The van der Waals surface area contributed by atoms with E-state index in [1.807, 2.05) is 44.2 Å². The number of aromatic amines is 1. The lowest BCUT2D eigenvalue weighted by Crippen LogP contribution is -2.13. The zero-order valence-electron chi connectivity index (χ0n) is 18.1. The molecule has 6 nitrogen and oxygen atoms in total. The molecule has 0 unspecified atom stereocenters. The van der Waals surface area contributed by atoms with Crippen molar-refractivity contribution in [1.82, 2.24) is 4.98 Å². The van der Waals surface area contributed by atoms with Crippen LogP contribution in [0.2, 0.25) is 0 Å². The fourth-order valence-corrected chi connectivity index (χ4v) is 4.57. The molecule has 3 aromatic carbocycles. The summed E-state index contributed by atoms with van der Waals surface area (Å²) in [6, 6.07) is 24.6. The maximum Gasteiger partial charge on any atom is 0.266 e. The van der Waals surface area contributed by atoms with Gasteiger partial charge in [-0.25, -0.2) is 8.42 Å². The molecule has 0 radical (unpaired) electrons. The van der Waals surface area contributed by atoms with Crippen LogP contribution in [0.4, 0.5) is 5.69 Å². The molecule has 0 bridgehead atoms. The minimum Gasteiger partial charge on any atom is -0.321 e. The number of hydrogen-bond donors (Lipinski definition) is 2. The van der Waals surface area contributed by atoms with Crippen molar-refractivity contribution >= 4 is 15.7 Å². The normalized spacial score (nSPS) is 11.1. The summed E-state index contributed by atoms with van der Waals surface area (Å²) < 4.78 is 27.8. The second-order valence-electron chi connectivity index (χ2n) is 7.78. The van der Waals surface area contributed by atoms with Gasteiger partial charge in [0, 0.05) is 16.9 Å². The summed E-state index contributed by atoms with van der Waals surface area (Å²) >= 11 is 0. The summed E-state index contributed by atoms with van der Waals surface area (Å²) in [6.07, 6.45) is 0. The van der Waals surface area contributed by atoms with Gasteiger partial charge in [-0.05, 0) is 55.3 Å². The van der Waals surface area contributed by atoms with Crippen molar-refractivity contribution in [1.29, 1.82) is 5.26 Å². The third-order valence-electron chi connectivity index (χ3n) is 5.25. The van der Waals surface area contributed by atoms with E-state index in [9.17, 15) is 18.5 Å². The Labute approximate surface area is 192 Å². The number of nitrogens with zero attached hydrogens (tertiary/aromatic N) is 1. The van der Waals surface area contributed by atoms with Crippen LogP contribution in [0.25, 0.3) is 22.4 Å². The van der Waals surface area contributed by atoms with E-state index in [1.54, 1.807) is 54.6 Å². The third-order valence-corrected chi connectivity index (χ3v) is 6.65. The maximum absolute atomic E-state index is 12.6. The van der Waals surface area contributed by atoms with Crippen LogP contribution in [0, 0.1) is 25.2 Å². The molecule has 0 aliphatic heterocycles. The van der Waals surface area contributed by atoms with Gasteiger partial charge in [0.25, 0.3) is 15.6 Å². The van der Waals surface area contributed by atoms with E-state index >= 15 is 0 Å². The number of sulfonamides is 1. The first-order chi connectivity index (χ1) is 15.8. The zero-order valence-corrected chi connectivity index (χ0v) is 18.9. The lowest BCUT2D eigenvalue weighted by molar-refractivity contribution is 0.601. The summed E-state index contributed by atoms with van der Waals surface area (Å²) in [4.78, 5) is 15.5. The van der Waals surface area contributed by atoms with Gasteiger partial charge in [0.15, 0.2) is 0 Å². The predicted molar refractivity (Wildman–Crippen MR) is 129 cm³/mol. The quantitative estimate of drug-likeness (QED) is 0.442. The summed E-state index contributed by atoms with van der Waals surface area (Å²) in [7, 11) is -3.71. The first-order valence-corrected chi connectivity index (χ1v) is 11.7. The van der Waals surface area contributed by atoms with Gasteiger partial charge in [0.2, 0.25) is 0 Å². The molecule has 0 saturated heterocycles. The molecular weight excluding hydrogens is 434 g/mol. The molecule has 33 heavy (non-hydrogen) atoms. The smallest absolute Gasteiger partial charge is 0.266 e. The topological polar surface area (TPSA) is 103 Å². The van der Waals surface area contributed by atoms with Gasteiger partial charge < -0.3 is 4.98 Å². The molecular formula is C26H21N3O3S. The van der Waals surface area contributed by atoms with Gasteiger partial charge in [0.05, 0.1) is 4.90 Å². The van der Waals surface area contributed by atoms with Gasteiger partial charge in [-0.15, -0.1) is 0 Å². The molecule has 1 aromatic heterocycles. The summed E-state index contributed by atoms with van der Waals surface area (Å²) in [5.74, 6) is 0. The predicted octanol–water partition coefficient (Wildman–Crippen LogP) is 5.00. The molecule has 7 heteroatoms. The Balaban J connectivity index is 1.67. The number of rotatable bonds is 5. The standard InChI is InChI=1S/C26H21N3O3S/c1-17-6-12-22(13-7-17)33(31,32)29-21-10-8-19(9-11-21)25-15-23(24(16-27)26(30)28-25)20-5-3-4-18(2)14-20/h3-15,29H,1-2H3,(H,28,30). The van der Waals surface area contributed by atoms with Crippen molar-refractivity contribution in [2.45, 2.75) is 18.7 Å². The molecule has 0 atom stereocenters. The Kier molecular flexibility index (Phi) is 5.86. The van der Waals surface area contributed by atoms with Crippen LogP contribution in [-0.2, 0) is 10.0 Å². The van der Waals surface area contributed by atoms with Crippen LogP contribution < -0.4 is 10.3 Å². The number of nitriles is 1. The van der Waals surface area contributed by atoms with Gasteiger partial charge in [-0.3, -0.25) is 9.52 Å². The number of H-pyrrole nitrogens is 1. The van der Waals surface area contributed by atoms with E-state index < -0.39 is 15.6 Å². The molecule has 2 N–H and O–H groups in total. The highest BCUT2D eigenvalue weighted by Crippen LogP contribution is 2.28. The van der Waals surface area contributed by atoms with Crippen molar-refractivity contribution in [2.24, 2.45) is 0 Å². The number of aryl methyl sites for hydroxylation is 2. The molecule has 4 aromatic rings. The van der Waals surface area contributed by atoms with Crippen molar-refractivity contribution in [3.8, 4) is 28.5 Å². The number of aromatic nitrogens is 1. The number of hydrogen-bond acceptors (Lipinski definition) is 4. The summed E-state index contributed by atoms with van der Waals surface area (Å²) in [5, 5.41) is 9.51. The molecule has 164 valence electrons. The minimum absolute atomic E-state index is 0.0480.